The number of amides is 1. The van der Waals surface area contributed by atoms with Gasteiger partial charge in [0.25, 0.3) is 0 Å². The van der Waals surface area contributed by atoms with Gasteiger partial charge in [-0.2, -0.15) is 4.98 Å². The van der Waals surface area contributed by atoms with Gasteiger partial charge in [0.2, 0.25) is 11.9 Å². The Morgan fingerprint density at radius 3 is 2.42 bits per heavy atom. The molecule has 2 N–H and O–H groups in total. The molecule has 31 heavy (non-hydrogen) atoms. The summed E-state index contributed by atoms with van der Waals surface area (Å²) in [5.74, 6) is 1.39. The monoisotopic (exact) mass is 413 g/mol. The summed E-state index contributed by atoms with van der Waals surface area (Å²) in [7, 11) is 0. The molecule has 4 rings (SSSR count). The summed E-state index contributed by atoms with van der Waals surface area (Å²) in [6.45, 7) is 6.03. The average molecular weight is 414 g/mol. The fraction of sp³-hybridized carbons (Fsp3) is 0.240. The van der Waals surface area contributed by atoms with Gasteiger partial charge in [-0.25, -0.2) is 4.98 Å². The van der Waals surface area contributed by atoms with E-state index in [1.165, 1.54) is 12.8 Å². The number of nitrogens with zero attached hydrogens (tertiary/aromatic N) is 3. The van der Waals surface area contributed by atoms with Crippen molar-refractivity contribution in [1.82, 2.24) is 9.97 Å². The Balaban J connectivity index is 1.38. The molecule has 2 heterocycles. The highest BCUT2D eigenvalue weighted by atomic mass is 16.1. The molecule has 1 fully saturated rings. The maximum absolute atomic E-state index is 12.2. The van der Waals surface area contributed by atoms with Crippen molar-refractivity contribution in [3.63, 3.8) is 0 Å². The molecule has 6 nitrogen and oxygen atoms in total. The van der Waals surface area contributed by atoms with Crippen molar-refractivity contribution in [3.8, 4) is 0 Å². The largest absolute Gasteiger partial charge is 0.341 e. The fourth-order valence-electron chi connectivity index (χ4n) is 3.58. The van der Waals surface area contributed by atoms with Crippen LogP contribution in [0.25, 0.3) is 6.08 Å². The summed E-state index contributed by atoms with van der Waals surface area (Å²) < 4.78 is 0. The van der Waals surface area contributed by atoms with Crippen LogP contribution in [0.15, 0.2) is 60.7 Å². The Labute approximate surface area is 183 Å². The van der Waals surface area contributed by atoms with E-state index in [9.17, 15) is 4.79 Å². The third kappa shape index (κ3) is 5.48. The zero-order valence-electron chi connectivity index (χ0n) is 17.9. The average Bonchev–Trinajstić information content (AvgIpc) is 3.29. The van der Waals surface area contributed by atoms with Crippen molar-refractivity contribution in [2.45, 2.75) is 26.7 Å². The Morgan fingerprint density at radius 1 is 0.968 bits per heavy atom. The van der Waals surface area contributed by atoms with Crippen molar-refractivity contribution in [1.29, 1.82) is 0 Å². The highest BCUT2D eigenvalue weighted by Gasteiger charge is 2.16. The van der Waals surface area contributed by atoms with Gasteiger partial charge in [-0.1, -0.05) is 24.3 Å². The first-order chi connectivity index (χ1) is 15.1. The lowest BCUT2D eigenvalue weighted by molar-refractivity contribution is -0.111. The van der Waals surface area contributed by atoms with E-state index >= 15 is 0 Å². The summed E-state index contributed by atoms with van der Waals surface area (Å²) in [5, 5.41) is 6.23. The number of hydrogen-bond acceptors (Lipinski definition) is 5. The molecule has 0 radical (unpaired) electrons. The van der Waals surface area contributed by atoms with Crippen LogP contribution in [0, 0.1) is 13.8 Å². The Bertz CT molecular complexity index is 1090. The molecule has 3 aromatic rings. The number of nitrogens with one attached hydrogen (secondary N) is 2. The van der Waals surface area contributed by atoms with Crippen LogP contribution in [0.5, 0.6) is 0 Å². The van der Waals surface area contributed by atoms with Crippen LogP contribution >= 0.6 is 0 Å². The number of hydrogen-bond donors (Lipinski definition) is 2. The summed E-state index contributed by atoms with van der Waals surface area (Å²) in [6, 6.07) is 17.5. The quantitative estimate of drug-likeness (QED) is 0.551. The van der Waals surface area contributed by atoms with Gasteiger partial charge in [0.15, 0.2) is 0 Å². The molecule has 1 saturated heterocycles. The molecule has 0 bridgehead atoms. The van der Waals surface area contributed by atoms with E-state index in [4.69, 9.17) is 0 Å². The molecule has 6 heteroatoms. The third-order valence-corrected chi connectivity index (χ3v) is 5.26. The van der Waals surface area contributed by atoms with Crippen LogP contribution in [0.1, 0.15) is 29.7 Å². The molecular weight excluding hydrogens is 386 g/mol. The van der Waals surface area contributed by atoms with E-state index in [0.717, 1.165) is 53.1 Å². The topological polar surface area (TPSA) is 70.2 Å². The van der Waals surface area contributed by atoms with Crippen molar-refractivity contribution in [2.75, 3.05) is 28.6 Å². The maximum atomic E-state index is 12.2. The second kappa shape index (κ2) is 9.43. The first-order valence-electron chi connectivity index (χ1n) is 10.6. The van der Waals surface area contributed by atoms with Crippen LogP contribution < -0.4 is 15.5 Å². The Morgan fingerprint density at radius 2 is 1.68 bits per heavy atom. The lowest BCUT2D eigenvalue weighted by atomic mass is 10.1. The molecule has 2 aromatic carbocycles. The zero-order valence-corrected chi connectivity index (χ0v) is 17.9. The predicted octanol–water partition coefficient (Wildman–Crippen LogP) is 5.09. The summed E-state index contributed by atoms with van der Waals surface area (Å²) in [6.07, 6.45) is 5.76. The molecule has 1 aliphatic rings. The van der Waals surface area contributed by atoms with Gasteiger partial charge >= 0.3 is 0 Å². The number of carbonyl (C=O) groups excluding carboxylic acids is 1. The smallest absolute Gasteiger partial charge is 0.248 e. The Hall–Kier alpha value is -3.67. The minimum atomic E-state index is -0.161. The molecule has 0 spiro atoms. The van der Waals surface area contributed by atoms with Gasteiger partial charge in [0, 0.05) is 42.3 Å². The van der Waals surface area contributed by atoms with E-state index < -0.39 is 0 Å². The van der Waals surface area contributed by atoms with Crippen LogP contribution in [0.4, 0.5) is 23.1 Å². The highest BCUT2D eigenvalue weighted by molar-refractivity contribution is 6.02. The number of aromatic nitrogens is 2. The second-order valence-electron chi connectivity index (χ2n) is 7.77. The van der Waals surface area contributed by atoms with Crippen LogP contribution in [0.2, 0.25) is 0 Å². The van der Waals surface area contributed by atoms with E-state index in [1.54, 1.807) is 6.08 Å². The minimum absolute atomic E-state index is 0.161. The minimum Gasteiger partial charge on any atom is -0.341 e. The third-order valence-electron chi connectivity index (χ3n) is 5.26. The normalized spacial score (nSPS) is 13.5. The molecule has 1 amide bonds. The first kappa shape index (κ1) is 20.6. The highest BCUT2D eigenvalue weighted by Crippen LogP contribution is 2.22. The first-order valence-corrected chi connectivity index (χ1v) is 10.6. The number of rotatable bonds is 6. The summed E-state index contributed by atoms with van der Waals surface area (Å²) >= 11 is 0. The second-order valence-corrected chi connectivity index (χ2v) is 7.77. The number of anilines is 4. The predicted molar refractivity (Wildman–Crippen MR) is 127 cm³/mol. The summed E-state index contributed by atoms with van der Waals surface area (Å²) in [5.41, 5.74) is 4.74. The molecule has 1 aromatic heterocycles. The van der Waals surface area contributed by atoms with Gasteiger partial charge in [-0.3, -0.25) is 4.79 Å². The molecule has 0 aliphatic carbocycles. The molecule has 158 valence electrons. The Kier molecular flexibility index (Phi) is 6.26. The van der Waals surface area contributed by atoms with E-state index in [2.05, 4.69) is 25.5 Å². The molecular formula is C25H27N5O. The number of benzene rings is 2. The van der Waals surface area contributed by atoms with Gasteiger partial charge in [-0.15, -0.1) is 0 Å². The summed E-state index contributed by atoms with van der Waals surface area (Å²) in [4.78, 5) is 23.7. The SMILES string of the molecule is Cc1cc(Nc2ccc(NC(=O)/C=C/c3ccccc3C)cc2)nc(N2CCCC2)n1. The fourth-order valence-corrected chi connectivity index (χ4v) is 3.58. The van der Waals surface area contributed by atoms with Crippen molar-refractivity contribution in [2.24, 2.45) is 0 Å². The number of aryl methyl sites for hydroxylation is 2. The lowest BCUT2D eigenvalue weighted by Gasteiger charge is -2.17. The van der Waals surface area contributed by atoms with E-state index in [-0.39, 0.29) is 5.91 Å². The zero-order chi connectivity index (χ0) is 21.6. The standard InChI is InChI=1S/C25H27N5O/c1-18-7-3-4-8-20(18)9-14-24(31)28-22-12-10-21(11-13-22)27-23-17-19(2)26-25(29-23)30-15-5-6-16-30/h3-4,7-14,17H,5-6,15-16H2,1-2H3,(H,28,31)(H,26,27,29)/b14-9+. The van der Waals surface area contributed by atoms with E-state index in [0.29, 0.717) is 0 Å². The molecule has 0 unspecified atom stereocenters. The number of carbonyl (C=O) groups is 1. The molecule has 0 atom stereocenters. The van der Waals surface area contributed by atoms with Gasteiger partial charge < -0.3 is 15.5 Å². The van der Waals surface area contributed by atoms with Crippen LogP contribution in [-0.4, -0.2) is 29.0 Å². The lowest BCUT2D eigenvalue weighted by Crippen LogP contribution is -2.21. The van der Waals surface area contributed by atoms with Crippen molar-refractivity contribution in [3.05, 3.63) is 77.5 Å². The van der Waals surface area contributed by atoms with Crippen molar-refractivity contribution < 1.29 is 4.79 Å². The van der Waals surface area contributed by atoms with Crippen molar-refractivity contribution >= 4 is 35.1 Å². The van der Waals surface area contributed by atoms with Gasteiger partial charge in [0.1, 0.15) is 5.82 Å². The maximum Gasteiger partial charge on any atom is 0.248 e. The molecule has 1 aliphatic heterocycles. The van der Waals surface area contributed by atoms with Crippen LogP contribution in [0.3, 0.4) is 0 Å². The van der Waals surface area contributed by atoms with Crippen LogP contribution in [-0.2, 0) is 4.79 Å². The molecule has 0 saturated carbocycles. The van der Waals surface area contributed by atoms with Gasteiger partial charge in [-0.05, 0) is 68.2 Å². The van der Waals surface area contributed by atoms with Gasteiger partial charge in [0.05, 0.1) is 0 Å². The van der Waals surface area contributed by atoms with E-state index in [1.807, 2.05) is 74.5 Å².